The Kier molecular flexibility index (Phi) is 3.80. The fourth-order valence-electron chi connectivity index (χ4n) is 1.22. The maximum atomic E-state index is 5.87. The van der Waals surface area contributed by atoms with Crippen LogP contribution < -0.4 is 4.74 Å². The Morgan fingerprint density at radius 3 is 2.62 bits per heavy atom. The van der Waals surface area contributed by atoms with Crippen LogP contribution in [0.2, 0.25) is 5.15 Å². The Labute approximate surface area is 107 Å². The molecule has 0 saturated carbocycles. The van der Waals surface area contributed by atoms with Crippen LogP contribution in [0.5, 0.6) is 5.75 Å². The summed E-state index contributed by atoms with van der Waals surface area (Å²) >= 11 is 9.25. The van der Waals surface area contributed by atoms with Crippen LogP contribution in [0.4, 0.5) is 0 Å². The predicted octanol–water partition coefficient (Wildman–Crippen LogP) is 4.08. The van der Waals surface area contributed by atoms with E-state index in [0.717, 1.165) is 10.0 Å². The number of halogens is 2. The zero-order chi connectivity index (χ0) is 11.4. The molecule has 2 nitrogen and oxygen atoms in total. The predicted molar refractivity (Wildman–Crippen MR) is 67.7 cm³/mol. The van der Waals surface area contributed by atoms with Gasteiger partial charge >= 0.3 is 0 Å². The van der Waals surface area contributed by atoms with Gasteiger partial charge in [0.25, 0.3) is 0 Å². The van der Waals surface area contributed by atoms with Crippen molar-refractivity contribution < 1.29 is 4.74 Å². The molecular weight excluding hydrogens is 289 g/mol. The lowest BCUT2D eigenvalue weighted by molar-refractivity contribution is 0.305. The van der Waals surface area contributed by atoms with Gasteiger partial charge in [0.05, 0.1) is 0 Å². The summed E-state index contributed by atoms with van der Waals surface area (Å²) < 4.78 is 6.60. The molecule has 0 bridgehead atoms. The number of ether oxygens (including phenoxy) is 1. The Hall–Kier alpha value is -1.06. The number of pyridine rings is 1. The smallest absolute Gasteiger partial charge is 0.171 e. The number of benzene rings is 1. The molecule has 1 aromatic heterocycles. The summed E-state index contributed by atoms with van der Waals surface area (Å²) in [5.41, 5.74) is 1.09. The summed E-state index contributed by atoms with van der Waals surface area (Å²) in [6, 6.07) is 11.5. The molecule has 0 aliphatic heterocycles. The van der Waals surface area contributed by atoms with Gasteiger partial charge in [-0.3, -0.25) is 0 Å². The van der Waals surface area contributed by atoms with E-state index in [1.807, 2.05) is 24.3 Å². The van der Waals surface area contributed by atoms with Gasteiger partial charge in [0.15, 0.2) is 10.9 Å². The van der Waals surface area contributed by atoms with Crippen LogP contribution in [0.1, 0.15) is 5.56 Å². The van der Waals surface area contributed by atoms with E-state index >= 15 is 0 Å². The summed E-state index contributed by atoms with van der Waals surface area (Å²) in [5.74, 6) is 0.604. The van der Waals surface area contributed by atoms with Gasteiger partial charge in [-0.05, 0) is 29.8 Å². The number of hydrogen-bond acceptors (Lipinski definition) is 2. The third kappa shape index (κ3) is 2.97. The molecule has 1 aromatic carbocycles. The van der Waals surface area contributed by atoms with Gasteiger partial charge in [-0.2, -0.15) is 0 Å². The van der Waals surface area contributed by atoms with Gasteiger partial charge < -0.3 is 4.74 Å². The first-order valence-electron chi connectivity index (χ1n) is 4.73. The van der Waals surface area contributed by atoms with E-state index in [4.69, 9.17) is 16.3 Å². The fraction of sp³-hybridized carbons (Fsp3) is 0.0833. The Morgan fingerprint density at radius 2 is 1.94 bits per heavy atom. The van der Waals surface area contributed by atoms with E-state index in [2.05, 4.69) is 20.9 Å². The number of nitrogens with zero attached hydrogens (tertiary/aromatic N) is 1. The van der Waals surface area contributed by atoms with Crippen LogP contribution in [0.15, 0.2) is 47.1 Å². The lowest BCUT2D eigenvalue weighted by Gasteiger charge is -2.06. The number of rotatable bonds is 3. The molecule has 0 aliphatic rings. The summed E-state index contributed by atoms with van der Waals surface area (Å²) in [6.45, 7) is 0.485. The summed E-state index contributed by atoms with van der Waals surface area (Å²) in [5, 5.41) is 0.389. The highest BCUT2D eigenvalue weighted by Gasteiger charge is 2.01. The quantitative estimate of drug-likeness (QED) is 0.797. The topological polar surface area (TPSA) is 22.1 Å². The van der Waals surface area contributed by atoms with E-state index in [1.54, 1.807) is 18.3 Å². The van der Waals surface area contributed by atoms with E-state index in [0.29, 0.717) is 17.5 Å². The number of hydrogen-bond donors (Lipinski definition) is 0. The second-order valence-electron chi connectivity index (χ2n) is 3.21. The third-order valence-corrected chi connectivity index (χ3v) is 2.84. The number of aromatic nitrogens is 1. The van der Waals surface area contributed by atoms with Gasteiger partial charge in [0.1, 0.15) is 6.61 Å². The molecule has 0 radical (unpaired) electrons. The molecule has 0 spiro atoms. The Bertz CT molecular complexity index is 473. The van der Waals surface area contributed by atoms with Crippen LogP contribution in [-0.4, -0.2) is 4.98 Å². The van der Waals surface area contributed by atoms with E-state index in [9.17, 15) is 0 Å². The first kappa shape index (κ1) is 11.4. The zero-order valence-corrected chi connectivity index (χ0v) is 10.7. The maximum Gasteiger partial charge on any atom is 0.171 e. The van der Waals surface area contributed by atoms with Crippen molar-refractivity contribution in [1.82, 2.24) is 4.98 Å². The molecule has 82 valence electrons. The molecule has 2 rings (SSSR count). The lowest BCUT2D eigenvalue weighted by Crippen LogP contribution is -1.96. The van der Waals surface area contributed by atoms with Crippen LogP contribution >= 0.6 is 27.5 Å². The van der Waals surface area contributed by atoms with Gasteiger partial charge in [0.2, 0.25) is 0 Å². The molecule has 0 amide bonds. The molecule has 2 aromatic rings. The molecule has 0 aliphatic carbocycles. The lowest BCUT2D eigenvalue weighted by atomic mass is 10.2. The van der Waals surface area contributed by atoms with Crippen LogP contribution in [0.25, 0.3) is 0 Å². The van der Waals surface area contributed by atoms with Crippen molar-refractivity contribution in [3.05, 3.63) is 57.8 Å². The highest BCUT2D eigenvalue weighted by molar-refractivity contribution is 9.10. The monoisotopic (exact) mass is 297 g/mol. The van der Waals surface area contributed by atoms with Gasteiger partial charge in [0, 0.05) is 10.7 Å². The molecule has 1 heterocycles. The van der Waals surface area contributed by atoms with Crippen molar-refractivity contribution in [2.75, 3.05) is 0 Å². The second-order valence-corrected chi connectivity index (χ2v) is 4.48. The van der Waals surface area contributed by atoms with Crippen molar-refractivity contribution in [3.8, 4) is 5.75 Å². The second kappa shape index (κ2) is 5.32. The average Bonchev–Trinajstić information content (AvgIpc) is 2.30. The molecule has 16 heavy (non-hydrogen) atoms. The molecule has 0 fully saturated rings. The zero-order valence-electron chi connectivity index (χ0n) is 8.36. The van der Waals surface area contributed by atoms with Crippen molar-refractivity contribution in [2.45, 2.75) is 6.61 Å². The van der Waals surface area contributed by atoms with Crippen LogP contribution in [0.3, 0.4) is 0 Å². The molecule has 0 N–H and O–H groups in total. The molecule has 0 unspecified atom stereocenters. The van der Waals surface area contributed by atoms with E-state index in [-0.39, 0.29) is 0 Å². The summed E-state index contributed by atoms with van der Waals surface area (Å²) in [4.78, 5) is 3.94. The average molecular weight is 299 g/mol. The van der Waals surface area contributed by atoms with Gasteiger partial charge in [-0.1, -0.05) is 39.7 Å². The van der Waals surface area contributed by atoms with Gasteiger partial charge in [-0.15, -0.1) is 0 Å². The van der Waals surface area contributed by atoms with Crippen molar-refractivity contribution in [1.29, 1.82) is 0 Å². The third-order valence-electron chi connectivity index (χ3n) is 2.03. The molecule has 0 saturated heterocycles. The fourth-order valence-corrected chi connectivity index (χ4v) is 1.66. The van der Waals surface area contributed by atoms with E-state index in [1.165, 1.54) is 0 Å². The largest absolute Gasteiger partial charge is 0.486 e. The molecule has 4 heteroatoms. The minimum absolute atomic E-state index is 0.389. The van der Waals surface area contributed by atoms with Crippen LogP contribution in [0, 0.1) is 0 Å². The first-order valence-corrected chi connectivity index (χ1v) is 5.90. The summed E-state index contributed by atoms with van der Waals surface area (Å²) in [7, 11) is 0. The first-order chi connectivity index (χ1) is 7.75. The molecular formula is C12H9BrClNO. The normalized spacial score (nSPS) is 10.1. The highest BCUT2D eigenvalue weighted by atomic mass is 79.9. The Balaban J connectivity index is 2.02. The Morgan fingerprint density at radius 1 is 1.19 bits per heavy atom. The minimum Gasteiger partial charge on any atom is -0.486 e. The van der Waals surface area contributed by atoms with Crippen molar-refractivity contribution in [2.24, 2.45) is 0 Å². The molecule has 0 atom stereocenters. The van der Waals surface area contributed by atoms with Crippen LogP contribution in [-0.2, 0) is 6.61 Å². The summed E-state index contributed by atoms with van der Waals surface area (Å²) in [6.07, 6.45) is 1.63. The minimum atomic E-state index is 0.389. The van der Waals surface area contributed by atoms with Crippen molar-refractivity contribution in [3.63, 3.8) is 0 Å². The van der Waals surface area contributed by atoms with Gasteiger partial charge in [-0.25, -0.2) is 4.98 Å². The standard InChI is InChI=1S/C12H9BrClNO/c13-10-5-3-9(4-6-10)8-16-11-2-1-7-15-12(11)14/h1-7H,8H2. The SMILES string of the molecule is Clc1ncccc1OCc1ccc(Br)cc1. The highest BCUT2D eigenvalue weighted by Crippen LogP contribution is 2.21. The van der Waals surface area contributed by atoms with Crippen molar-refractivity contribution >= 4 is 27.5 Å². The maximum absolute atomic E-state index is 5.87. The van der Waals surface area contributed by atoms with E-state index < -0.39 is 0 Å².